The molecule has 20 heavy (non-hydrogen) atoms. The van der Waals surface area contributed by atoms with Crippen molar-refractivity contribution in [3.8, 4) is 5.75 Å². The van der Waals surface area contributed by atoms with Gasteiger partial charge in [0.15, 0.2) is 0 Å². The van der Waals surface area contributed by atoms with Crippen LogP contribution in [0.25, 0.3) is 0 Å². The molecule has 3 rings (SSSR count). The number of benzene rings is 1. The van der Waals surface area contributed by atoms with Gasteiger partial charge in [-0.1, -0.05) is 13.0 Å². The summed E-state index contributed by atoms with van der Waals surface area (Å²) in [5.41, 5.74) is 3.23. The molecule has 0 aromatic heterocycles. The highest BCUT2D eigenvalue weighted by Crippen LogP contribution is 2.42. The quantitative estimate of drug-likeness (QED) is 0.843. The summed E-state index contributed by atoms with van der Waals surface area (Å²) in [6, 6.07) is 6.67. The van der Waals surface area contributed by atoms with Crippen molar-refractivity contribution in [3.63, 3.8) is 0 Å². The van der Waals surface area contributed by atoms with E-state index in [-0.39, 0.29) is 0 Å². The van der Waals surface area contributed by atoms with Crippen LogP contribution in [0, 0.1) is 5.41 Å². The zero-order valence-corrected chi connectivity index (χ0v) is 13.0. The summed E-state index contributed by atoms with van der Waals surface area (Å²) in [7, 11) is 4.01. The molecular weight excluding hydrogens is 248 g/mol. The number of piperidine rings is 1. The van der Waals surface area contributed by atoms with E-state index in [0.717, 1.165) is 25.3 Å². The average Bonchev–Trinajstić information content (AvgIpc) is 2.46. The Morgan fingerprint density at radius 1 is 1.20 bits per heavy atom. The molecule has 2 saturated heterocycles. The lowest BCUT2D eigenvalue weighted by Crippen LogP contribution is -2.58. The first-order valence-corrected chi connectivity index (χ1v) is 7.76. The largest absolute Gasteiger partial charge is 0.495 e. The van der Waals surface area contributed by atoms with Gasteiger partial charge in [-0.15, -0.1) is 0 Å². The summed E-state index contributed by atoms with van der Waals surface area (Å²) in [4.78, 5) is 4.94. The van der Waals surface area contributed by atoms with Crippen LogP contribution in [0.3, 0.4) is 0 Å². The summed E-state index contributed by atoms with van der Waals surface area (Å²) in [5.74, 6) is 1.03. The van der Waals surface area contributed by atoms with Crippen LogP contribution in [0.15, 0.2) is 18.2 Å². The minimum Gasteiger partial charge on any atom is -0.495 e. The predicted octanol–water partition coefficient (Wildman–Crippen LogP) is 2.79. The van der Waals surface area contributed by atoms with Crippen molar-refractivity contribution in [3.05, 3.63) is 23.8 Å². The fraction of sp³-hybridized carbons (Fsp3) is 0.647. The van der Waals surface area contributed by atoms with E-state index >= 15 is 0 Å². The molecule has 0 aliphatic carbocycles. The molecule has 3 nitrogen and oxygen atoms in total. The van der Waals surface area contributed by atoms with Gasteiger partial charge in [-0.3, -0.25) is 0 Å². The van der Waals surface area contributed by atoms with Crippen molar-refractivity contribution in [2.45, 2.75) is 26.2 Å². The monoisotopic (exact) mass is 274 g/mol. The molecule has 0 N–H and O–H groups in total. The lowest BCUT2D eigenvalue weighted by Gasteiger charge is -2.53. The molecule has 1 spiro atoms. The van der Waals surface area contributed by atoms with Crippen molar-refractivity contribution in [1.29, 1.82) is 0 Å². The molecule has 2 aliphatic heterocycles. The van der Waals surface area contributed by atoms with E-state index in [1.54, 1.807) is 7.11 Å². The smallest absolute Gasteiger partial charge is 0.142 e. The standard InChI is InChI=1S/C17H26N2O/c1-4-14-5-6-15(16(11-14)20-3)19-9-7-17(8-10-19)12-18(2)13-17/h5-6,11H,4,7-10,12-13H2,1-3H3. The zero-order valence-electron chi connectivity index (χ0n) is 13.0. The second-order valence-corrected chi connectivity index (χ2v) is 6.52. The minimum atomic E-state index is 0.613. The van der Waals surface area contributed by atoms with E-state index in [2.05, 4.69) is 42.0 Å². The fourth-order valence-corrected chi connectivity index (χ4v) is 3.84. The number of hydrogen-bond acceptors (Lipinski definition) is 3. The van der Waals surface area contributed by atoms with Gasteiger partial charge in [0.2, 0.25) is 0 Å². The van der Waals surface area contributed by atoms with Crippen molar-refractivity contribution < 1.29 is 4.74 Å². The highest BCUT2D eigenvalue weighted by atomic mass is 16.5. The third kappa shape index (κ3) is 2.39. The van der Waals surface area contributed by atoms with Gasteiger partial charge in [-0.05, 0) is 49.4 Å². The number of ether oxygens (including phenoxy) is 1. The second-order valence-electron chi connectivity index (χ2n) is 6.52. The molecule has 110 valence electrons. The van der Waals surface area contributed by atoms with Crippen LogP contribution in [-0.2, 0) is 6.42 Å². The minimum absolute atomic E-state index is 0.613. The van der Waals surface area contributed by atoms with E-state index in [1.807, 2.05) is 0 Å². The highest BCUT2D eigenvalue weighted by molar-refractivity contribution is 5.60. The number of nitrogens with zero attached hydrogens (tertiary/aromatic N) is 2. The molecule has 1 aromatic rings. The summed E-state index contributed by atoms with van der Waals surface area (Å²) in [6.45, 7) is 7.08. The van der Waals surface area contributed by atoms with E-state index in [0.29, 0.717) is 5.41 Å². The summed E-state index contributed by atoms with van der Waals surface area (Å²) in [5, 5.41) is 0. The fourth-order valence-electron chi connectivity index (χ4n) is 3.84. The number of rotatable bonds is 3. The SMILES string of the molecule is CCc1ccc(N2CCC3(CC2)CN(C)C3)c(OC)c1. The van der Waals surface area contributed by atoms with Crippen molar-refractivity contribution in [2.75, 3.05) is 45.2 Å². The van der Waals surface area contributed by atoms with E-state index < -0.39 is 0 Å². The van der Waals surface area contributed by atoms with Crippen LogP contribution in [-0.4, -0.2) is 45.2 Å². The molecule has 0 atom stereocenters. The predicted molar refractivity (Wildman–Crippen MR) is 83.7 cm³/mol. The summed E-state index contributed by atoms with van der Waals surface area (Å²) < 4.78 is 5.60. The first-order valence-electron chi connectivity index (χ1n) is 7.76. The topological polar surface area (TPSA) is 15.7 Å². The molecule has 0 saturated carbocycles. The Kier molecular flexibility index (Phi) is 3.63. The molecule has 0 bridgehead atoms. The molecule has 2 fully saturated rings. The zero-order chi connectivity index (χ0) is 14.2. The van der Waals surface area contributed by atoms with E-state index in [9.17, 15) is 0 Å². The maximum atomic E-state index is 5.60. The Morgan fingerprint density at radius 2 is 1.90 bits per heavy atom. The summed E-state index contributed by atoms with van der Waals surface area (Å²) >= 11 is 0. The normalized spacial score (nSPS) is 21.9. The van der Waals surface area contributed by atoms with Crippen molar-refractivity contribution >= 4 is 5.69 Å². The molecule has 0 amide bonds. The van der Waals surface area contributed by atoms with Gasteiger partial charge in [0.1, 0.15) is 5.75 Å². The molecule has 2 aliphatic rings. The maximum absolute atomic E-state index is 5.60. The van der Waals surface area contributed by atoms with E-state index in [1.165, 1.54) is 37.2 Å². The Bertz CT molecular complexity index is 470. The third-order valence-corrected chi connectivity index (χ3v) is 5.03. The number of hydrogen-bond donors (Lipinski definition) is 0. The second kappa shape index (κ2) is 5.28. The highest BCUT2D eigenvalue weighted by Gasteiger charge is 2.43. The van der Waals surface area contributed by atoms with Crippen LogP contribution in [0.4, 0.5) is 5.69 Å². The summed E-state index contributed by atoms with van der Waals surface area (Å²) in [6.07, 6.45) is 3.69. The maximum Gasteiger partial charge on any atom is 0.142 e. The van der Waals surface area contributed by atoms with Crippen molar-refractivity contribution in [2.24, 2.45) is 5.41 Å². The van der Waals surface area contributed by atoms with Crippen LogP contribution in [0.1, 0.15) is 25.3 Å². The average molecular weight is 274 g/mol. The Hall–Kier alpha value is -1.22. The number of methoxy groups -OCH3 is 1. The number of aryl methyl sites for hydroxylation is 1. The number of anilines is 1. The van der Waals surface area contributed by atoms with Gasteiger partial charge in [0.25, 0.3) is 0 Å². The molecule has 0 radical (unpaired) electrons. The third-order valence-electron chi connectivity index (χ3n) is 5.03. The van der Waals surface area contributed by atoms with Crippen LogP contribution < -0.4 is 9.64 Å². The molecule has 1 aromatic carbocycles. The van der Waals surface area contributed by atoms with Gasteiger partial charge in [-0.2, -0.15) is 0 Å². The lowest BCUT2D eigenvalue weighted by atomic mass is 9.72. The lowest BCUT2D eigenvalue weighted by molar-refractivity contribution is 0.00126. The van der Waals surface area contributed by atoms with Gasteiger partial charge in [0.05, 0.1) is 12.8 Å². The van der Waals surface area contributed by atoms with Crippen LogP contribution in [0.5, 0.6) is 5.75 Å². The Balaban J connectivity index is 1.71. The van der Waals surface area contributed by atoms with Crippen molar-refractivity contribution in [1.82, 2.24) is 4.90 Å². The van der Waals surface area contributed by atoms with Gasteiger partial charge in [-0.25, -0.2) is 0 Å². The van der Waals surface area contributed by atoms with E-state index in [4.69, 9.17) is 4.74 Å². The molecular formula is C17H26N2O. The molecule has 2 heterocycles. The van der Waals surface area contributed by atoms with Crippen LogP contribution in [0.2, 0.25) is 0 Å². The Labute approximate surface area is 122 Å². The molecule has 3 heteroatoms. The first-order chi connectivity index (χ1) is 9.65. The van der Waals surface area contributed by atoms with Gasteiger partial charge < -0.3 is 14.5 Å². The molecule has 0 unspecified atom stereocenters. The van der Waals surface area contributed by atoms with Gasteiger partial charge >= 0.3 is 0 Å². The van der Waals surface area contributed by atoms with Gasteiger partial charge in [0, 0.05) is 26.2 Å². The van der Waals surface area contributed by atoms with Crippen LogP contribution >= 0.6 is 0 Å². The number of likely N-dealkylation sites (tertiary alicyclic amines) is 1. The first kappa shape index (κ1) is 13.7. The Morgan fingerprint density at radius 3 is 2.45 bits per heavy atom.